The van der Waals surface area contributed by atoms with E-state index in [9.17, 15) is 13.6 Å². The molecule has 0 aliphatic carbocycles. The van der Waals surface area contributed by atoms with Crippen LogP contribution < -0.4 is 5.32 Å². The normalized spacial score (nSPS) is 9.93. The summed E-state index contributed by atoms with van der Waals surface area (Å²) in [5.41, 5.74) is -0.00245. The van der Waals surface area contributed by atoms with Crippen LogP contribution in [0.3, 0.4) is 0 Å². The highest BCUT2D eigenvalue weighted by molar-refractivity contribution is 9.09. The average molecular weight is 264 g/mol. The SMILES string of the molecule is O=C(CCBr)Nc1ccc(F)cc1F. The second-order valence-corrected chi connectivity index (χ2v) is 3.40. The lowest BCUT2D eigenvalue weighted by atomic mass is 10.3. The Morgan fingerprint density at radius 3 is 2.71 bits per heavy atom. The third kappa shape index (κ3) is 3.06. The van der Waals surface area contributed by atoms with Gasteiger partial charge in [0.2, 0.25) is 5.91 Å². The van der Waals surface area contributed by atoms with Crippen molar-refractivity contribution in [3.63, 3.8) is 0 Å². The molecular weight excluding hydrogens is 256 g/mol. The molecule has 1 rings (SSSR count). The zero-order valence-electron chi connectivity index (χ0n) is 7.19. The summed E-state index contributed by atoms with van der Waals surface area (Å²) in [6.07, 6.45) is 0.247. The molecule has 0 unspecified atom stereocenters. The predicted octanol–water partition coefficient (Wildman–Crippen LogP) is 2.69. The molecule has 0 aliphatic heterocycles. The maximum absolute atomic E-state index is 13.0. The van der Waals surface area contributed by atoms with Crippen molar-refractivity contribution in [3.05, 3.63) is 29.8 Å². The molecule has 76 valence electrons. The lowest BCUT2D eigenvalue weighted by Gasteiger charge is -2.04. The highest BCUT2D eigenvalue weighted by Crippen LogP contribution is 2.14. The van der Waals surface area contributed by atoms with Gasteiger partial charge in [-0.15, -0.1) is 0 Å². The smallest absolute Gasteiger partial charge is 0.225 e. The number of hydrogen-bond acceptors (Lipinski definition) is 1. The number of hydrogen-bond donors (Lipinski definition) is 1. The molecule has 2 nitrogen and oxygen atoms in total. The highest BCUT2D eigenvalue weighted by Gasteiger charge is 2.06. The number of amides is 1. The topological polar surface area (TPSA) is 29.1 Å². The fourth-order valence-corrected chi connectivity index (χ4v) is 1.25. The number of benzene rings is 1. The Kier molecular flexibility index (Phi) is 4.00. The largest absolute Gasteiger partial charge is 0.324 e. The summed E-state index contributed by atoms with van der Waals surface area (Å²) in [6, 6.07) is 3.01. The van der Waals surface area contributed by atoms with Crippen LogP contribution in [0.4, 0.5) is 14.5 Å². The third-order valence-electron chi connectivity index (χ3n) is 1.53. The van der Waals surface area contributed by atoms with Gasteiger partial charge in [-0.2, -0.15) is 0 Å². The van der Waals surface area contributed by atoms with Gasteiger partial charge in [0.25, 0.3) is 0 Å². The molecule has 0 bridgehead atoms. The Labute approximate surface area is 88.4 Å². The monoisotopic (exact) mass is 263 g/mol. The van der Waals surface area contributed by atoms with Gasteiger partial charge in [-0.1, -0.05) is 15.9 Å². The Morgan fingerprint density at radius 1 is 1.43 bits per heavy atom. The molecule has 0 aliphatic rings. The first kappa shape index (κ1) is 11.1. The minimum atomic E-state index is -0.770. The number of carbonyl (C=O) groups excluding carboxylic acids is 1. The number of halogens is 3. The van der Waals surface area contributed by atoms with Gasteiger partial charge in [0.05, 0.1) is 5.69 Å². The standard InChI is InChI=1S/C9H8BrF2NO/c10-4-3-9(14)13-8-2-1-6(11)5-7(8)12/h1-2,5H,3-4H2,(H,13,14). The molecule has 1 aromatic rings. The molecule has 0 radical (unpaired) electrons. The third-order valence-corrected chi connectivity index (χ3v) is 1.92. The maximum Gasteiger partial charge on any atom is 0.225 e. The molecule has 0 saturated heterocycles. The molecule has 5 heteroatoms. The first-order valence-electron chi connectivity index (χ1n) is 3.94. The molecule has 1 amide bonds. The molecule has 14 heavy (non-hydrogen) atoms. The minimum Gasteiger partial charge on any atom is -0.324 e. The Hall–Kier alpha value is -0.970. The van der Waals surface area contributed by atoms with Crippen LogP contribution in [0.5, 0.6) is 0 Å². The highest BCUT2D eigenvalue weighted by atomic mass is 79.9. The summed E-state index contributed by atoms with van der Waals surface area (Å²) in [4.78, 5) is 11.0. The van der Waals surface area contributed by atoms with E-state index in [0.717, 1.165) is 12.1 Å². The van der Waals surface area contributed by atoms with E-state index in [4.69, 9.17) is 0 Å². The number of carbonyl (C=O) groups is 1. The first-order chi connectivity index (χ1) is 6.63. The van der Waals surface area contributed by atoms with Crippen molar-refractivity contribution in [1.82, 2.24) is 0 Å². The molecular formula is C9H8BrF2NO. The van der Waals surface area contributed by atoms with Crippen LogP contribution in [-0.4, -0.2) is 11.2 Å². The van der Waals surface area contributed by atoms with Crippen molar-refractivity contribution in [2.75, 3.05) is 10.6 Å². The lowest BCUT2D eigenvalue weighted by molar-refractivity contribution is -0.115. The Bertz CT molecular complexity index is 344. The Balaban J connectivity index is 2.72. The zero-order chi connectivity index (χ0) is 10.6. The fourth-order valence-electron chi connectivity index (χ4n) is 0.889. The molecule has 0 fully saturated rings. The second kappa shape index (κ2) is 5.05. The van der Waals surface area contributed by atoms with Gasteiger partial charge in [-0.25, -0.2) is 8.78 Å². The van der Waals surface area contributed by atoms with E-state index >= 15 is 0 Å². The number of alkyl halides is 1. The molecule has 0 spiro atoms. The van der Waals surface area contributed by atoms with Gasteiger partial charge in [0, 0.05) is 17.8 Å². The van der Waals surface area contributed by atoms with E-state index in [-0.39, 0.29) is 18.0 Å². The second-order valence-electron chi connectivity index (χ2n) is 2.61. The van der Waals surface area contributed by atoms with Gasteiger partial charge >= 0.3 is 0 Å². The quantitative estimate of drug-likeness (QED) is 0.835. The van der Waals surface area contributed by atoms with E-state index in [2.05, 4.69) is 21.2 Å². The molecule has 0 saturated carbocycles. The van der Waals surface area contributed by atoms with Gasteiger partial charge < -0.3 is 5.32 Å². The van der Waals surface area contributed by atoms with E-state index in [1.165, 1.54) is 6.07 Å². The fraction of sp³-hybridized carbons (Fsp3) is 0.222. The summed E-state index contributed by atoms with van der Waals surface area (Å²) in [6.45, 7) is 0. The van der Waals surface area contributed by atoms with Crippen molar-refractivity contribution >= 4 is 27.5 Å². The van der Waals surface area contributed by atoms with Gasteiger partial charge in [-0.3, -0.25) is 4.79 Å². The number of rotatable bonds is 3. The molecule has 0 aromatic heterocycles. The van der Waals surface area contributed by atoms with Crippen LogP contribution in [0.2, 0.25) is 0 Å². The summed E-state index contributed by atoms with van der Waals surface area (Å²) in [5.74, 6) is -1.75. The lowest BCUT2D eigenvalue weighted by Crippen LogP contribution is -2.12. The van der Waals surface area contributed by atoms with Crippen molar-refractivity contribution in [1.29, 1.82) is 0 Å². The van der Waals surface area contributed by atoms with E-state index in [1.54, 1.807) is 0 Å². The summed E-state index contributed by atoms with van der Waals surface area (Å²) < 4.78 is 25.5. The van der Waals surface area contributed by atoms with Gasteiger partial charge in [-0.05, 0) is 12.1 Å². The van der Waals surface area contributed by atoms with Crippen LogP contribution in [0.15, 0.2) is 18.2 Å². The molecule has 1 N–H and O–H groups in total. The number of anilines is 1. The van der Waals surface area contributed by atoms with E-state index in [1.807, 2.05) is 0 Å². The molecule has 0 heterocycles. The van der Waals surface area contributed by atoms with E-state index < -0.39 is 11.6 Å². The van der Waals surface area contributed by atoms with Crippen LogP contribution in [-0.2, 0) is 4.79 Å². The predicted molar refractivity (Wildman–Crippen MR) is 53.4 cm³/mol. The molecule has 1 aromatic carbocycles. The van der Waals surface area contributed by atoms with E-state index in [0.29, 0.717) is 5.33 Å². The maximum atomic E-state index is 13.0. The summed E-state index contributed by atoms with van der Waals surface area (Å²) in [5, 5.41) is 2.83. The van der Waals surface area contributed by atoms with Crippen LogP contribution in [0, 0.1) is 11.6 Å². The molecule has 0 atom stereocenters. The average Bonchev–Trinajstić information content (AvgIpc) is 2.10. The van der Waals surface area contributed by atoms with Crippen LogP contribution >= 0.6 is 15.9 Å². The summed E-state index contributed by atoms with van der Waals surface area (Å²) >= 11 is 3.08. The van der Waals surface area contributed by atoms with Crippen molar-refractivity contribution < 1.29 is 13.6 Å². The first-order valence-corrected chi connectivity index (χ1v) is 5.06. The van der Waals surface area contributed by atoms with Gasteiger partial charge in [0.1, 0.15) is 11.6 Å². The number of nitrogens with one attached hydrogen (secondary N) is 1. The van der Waals surface area contributed by atoms with Crippen LogP contribution in [0.25, 0.3) is 0 Å². The summed E-state index contributed by atoms with van der Waals surface area (Å²) in [7, 11) is 0. The zero-order valence-corrected chi connectivity index (χ0v) is 8.77. The van der Waals surface area contributed by atoms with Crippen molar-refractivity contribution in [2.24, 2.45) is 0 Å². The Morgan fingerprint density at radius 2 is 2.14 bits per heavy atom. The minimum absolute atomic E-state index is 0.00245. The van der Waals surface area contributed by atoms with Crippen molar-refractivity contribution in [2.45, 2.75) is 6.42 Å². The van der Waals surface area contributed by atoms with Gasteiger partial charge in [0.15, 0.2) is 0 Å². The van der Waals surface area contributed by atoms with Crippen LogP contribution in [0.1, 0.15) is 6.42 Å². The van der Waals surface area contributed by atoms with Crippen molar-refractivity contribution in [3.8, 4) is 0 Å².